The SMILES string of the molecule is COC(=O)c1ccc([Si](C)(C)c2ccc(C(=O)OC)cc2)cc1. The van der Waals surface area contributed by atoms with Crippen molar-refractivity contribution >= 4 is 30.4 Å². The molecule has 0 unspecified atom stereocenters. The highest BCUT2D eigenvalue weighted by Crippen LogP contribution is 2.09. The standard InChI is InChI=1S/C18H20O4Si/c1-21-17(19)13-5-9-15(10-6-13)23(3,4)16-11-7-14(8-12-16)18(20)22-2/h5-12H,1-4H3. The lowest BCUT2D eigenvalue weighted by atomic mass is 10.2. The predicted octanol–water partition coefficient (Wildman–Crippen LogP) is 2.08. The predicted molar refractivity (Wildman–Crippen MR) is 92.3 cm³/mol. The van der Waals surface area contributed by atoms with E-state index in [4.69, 9.17) is 9.47 Å². The normalized spacial score (nSPS) is 11.0. The van der Waals surface area contributed by atoms with Gasteiger partial charge in [-0.3, -0.25) is 0 Å². The molecular weight excluding hydrogens is 308 g/mol. The molecule has 0 aliphatic rings. The van der Waals surface area contributed by atoms with Crippen molar-refractivity contribution < 1.29 is 19.1 Å². The van der Waals surface area contributed by atoms with Crippen LogP contribution in [-0.4, -0.2) is 34.2 Å². The first kappa shape index (κ1) is 17.0. The van der Waals surface area contributed by atoms with E-state index in [1.54, 1.807) is 24.3 Å². The first-order valence-corrected chi connectivity index (χ1v) is 10.3. The summed E-state index contributed by atoms with van der Waals surface area (Å²) >= 11 is 0. The first-order valence-electron chi connectivity index (χ1n) is 7.28. The first-order chi connectivity index (χ1) is 10.9. The van der Waals surface area contributed by atoms with Crippen LogP contribution in [0.5, 0.6) is 0 Å². The second-order valence-corrected chi connectivity index (χ2v) is 10.2. The average Bonchev–Trinajstić information content (AvgIpc) is 2.60. The fourth-order valence-electron chi connectivity index (χ4n) is 2.45. The third-order valence-corrected chi connectivity index (χ3v) is 7.61. The summed E-state index contributed by atoms with van der Waals surface area (Å²) in [5.41, 5.74) is 1.09. The van der Waals surface area contributed by atoms with Gasteiger partial charge in [0.2, 0.25) is 0 Å². The number of esters is 2. The van der Waals surface area contributed by atoms with Gasteiger partial charge in [0.15, 0.2) is 0 Å². The van der Waals surface area contributed by atoms with Gasteiger partial charge in [0.25, 0.3) is 0 Å². The Morgan fingerprint density at radius 2 is 1.00 bits per heavy atom. The average molecular weight is 328 g/mol. The summed E-state index contributed by atoms with van der Waals surface area (Å²) in [6, 6.07) is 15.1. The lowest BCUT2D eigenvalue weighted by molar-refractivity contribution is 0.0592. The van der Waals surface area contributed by atoms with Gasteiger partial charge in [-0.1, -0.05) is 47.7 Å². The Hall–Kier alpha value is -2.40. The fourth-order valence-corrected chi connectivity index (χ4v) is 4.78. The molecule has 2 aromatic carbocycles. The molecule has 23 heavy (non-hydrogen) atoms. The van der Waals surface area contributed by atoms with Crippen LogP contribution in [0.1, 0.15) is 20.7 Å². The van der Waals surface area contributed by atoms with Crippen molar-refractivity contribution in [3.63, 3.8) is 0 Å². The lowest BCUT2D eigenvalue weighted by Gasteiger charge is -2.24. The molecule has 2 aromatic rings. The van der Waals surface area contributed by atoms with Gasteiger partial charge in [-0.2, -0.15) is 0 Å². The number of rotatable bonds is 4. The van der Waals surface area contributed by atoms with Crippen molar-refractivity contribution in [1.29, 1.82) is 0 Å². The fraction of sp³-hybridized carbons (Fsp3) is 0.222. The van der Waals surface area contributed by atoms with Crippen LogP contribution in [0.2, 0.25) is 13.1 Å². The molecule has 0 aromatic heterocycles. The monoisotopic (exact) mass is 328 g/mol. The van der Waals surface area contributed by atoms with E-state index in [9.17, 15) is 9.59 Å². The smallest absolute Gasteiger partial charge is 0.337 e. The molecule has 0 spiro atoms. The van der Waals surface area contributed by atoms with Crippen molar-refractivity contribution in [3.05, 3.63) is 59.7 Å². The summed E-state index contributed by atoms with van der Waals surface area (Å²) in [7, 11) is 0.850. The molecule has 2 rings (SSSR count). The van der Waals surface area contributed by atoms with E-state index >= 15 is 0 Å². The number of benzene rings is 2. The van der Waals surface area contributed by atoms with Gasteiger partial charge in [-0.15, -0.1) is 0 Å². The molecule has 0 saturated carbocycles. The molecule has 5 heteroatoms. The van der Waals surface area contributed by atoms with Crippen LogP contribution < -0.4 is 10.4 Å². The molecule has 4 nitrogen and oxygen atoms in total. The van der Waals surface area contributed by atoms with E-state index in [0.29, 0.717) is 11.1 Å². The maximum Gasteiger partial charge on any atom is 0.337 e. The van der Waals surface area contributed by atoms with Crippen molar-refractivity contribution in [2.75, 3.05) is 14.2 Å². The Balaban J connectivity index is 2.30. The van der Waals surface area contributed by atoms with Gasteiger partial charge in [-0.25, -0.2) is 9.59 Å². The number of hydrogen-bond acceptors (Lipinski definition) is 4. The van der Waals surface area contributed by atoms with Crippen LogP contribution in [0.3, 0.4) is 0 Å². The molecule has 0 fully saturated rings. The Morgan fingerprint density at radius 3 is 1.26 bits per heavy atom. The molecule has 0 radical (unpaired) electrons. The Morgan fingerprint density at radius 1 is 0.696 bits per heavy atom. The van der Waals surface area contributed by atoms with Gasteiger partial charge in [0, 0.05) is 0 Å². The zero-order chi connectivity index (χ0) is 17.0. The second-order valence-electron chi connectivity index (χ2n) is 5.76. The van der Waals surface area contributed by atoms with Gasteiger partial charge >= 0.3 is 11.9 Å². The summed E-state index contributed by atoms with van der Waals surface area (Å²) in [6.07, 6.45) is 0. The minimum Gasteiger partial charge on any atom is -0.465 e. The maximum absolute atomic E-state index is 11.5. The molecule has 0 aliphatic heterocycles. The van der Waals surface area contributed by atoms with Crippen LogP contribution in [0.25, 0.3) is 0 Å². The summed E-state index contributed by atoms with van der Waals surface area (Å²) in [6.45, 7) is 4.46. The van der Waals surface area contributed by atoms with Gasteiger partial charge < -0.3 is 9.47 Å². The highest BCUT2D eigenvalue weighted by Gasteiger charge is 2.26. The van der Waals surface area contributed by atoms with E-state index in [0.717, 1.165) is 0 Å². The largest absolute Gasteiger partial charge is 0.465 e. The summed E-state index contributed by atoms with van der Waals surface area (Å²) in [4.78, 5) is 23.0. The van der Waals surface area contributed by atoms with Crippen molar-refractivity contribution in [2.45, 2.75) is 13.1 Å². The second kappa shape index (κ2) is 6.79. The molecule has 0 aliphatic carbocycles. The molecule has 0 bridgehead atoms. The minimum absolute atomic E-state index is 0.335. The number of carbonyl (C=O) groups is 2. The number of ether oxygens (including phenoxy) is 2. The number of methoxy groups -OCH3 is 2. The van der Waals surface area contributed by atoms with Gasteiger partial charge in [-0.05, 0) is 24.3 Å². The summed E-state index contributed by atoms with van der Waals surface area (Å²) in [5, 5.41) is 2.41. The number of hydrogen-bond donors (Lipinski definition) is 0. The number of carbonyl (C=O) groups excluding carboxylic acids is 2. The van der Waals surface area contributed by atoms with E-state index in [1.807, 2.05) is 24.3 Å². The molecule has 0 atom stereocenters. The quantitative estimate of drug-likeness (QED) is 0.637. The summed E-state index contributed by atoms with van der Waals surface area (Å²) < 4.78 is 9.44. The summed E-state index contributed by atoms with van der Waals surface area (Å²) in [5.74, 6) is -0.670. The highest BCUT2D eigenvalue weighted by atomic mass is 28.3. The van der Waals surface area contributed by atoms with E-state index in [2.05, 4.69) is 13.1 Å². The zero-order valence-electron chi connectivity index (χ0n) is 13.8. The van der Waals surface area contributed by atoms with Gasteiger partial charge in [0.05, 0.1) is 25.3 Å². The molecule has 0 heterocycles. The molecule has 120 valence electrons. The van der Waals surface area contributed by atoms with Crippen LogP contribution in [0.15, 0.2) is 48.5 Å². The Labute approximate surface area is 137 Å². The van der Waals surface area contributed by atoms with Crippen molar-refractivity contribution in [1.82, 2.24) is 0 Å². The lowest BCUT2D eigenvalue weighted by Crippen LogP contribution is -2.52. The van der Waals surface area contributed by atoms with Crippen LogP contribution in [0, 0.1) is 0 Å². The molecular formula is C18H20O4Si. The highest BCUT2D eigenvalue weighted by molar-refractivity contribution is 7.00. The maximum atomic E-state index is 11.5. The van der Waals surface area contributed by atoms with E-state index in [1.165, 1.54) is 24.6 Å². The van der Waals surface area contributed by atoms with Crippen molar-refractivity contribution in [3.8, 4) is 0 Å². The van der Waals surface area contributed by atoms with Gasteiger partial charge in [0.1, 0.15) is 8.07 Å². The van der Waals surface area contributed by atoms with Crippen LogP contribution >= 0.6 is 0 Å². The Bertz CT molecular complexity index is 641. The third kappa shape index (κ3) is 3.51. The van der Waals surface area contributed by atoms with Crippen LogP contribution in [-0.2, 0) is 9.47 Å². The topological polar surface area (TPSA) is 52.6 Å². The third-order valence-electron chi connectivity index (χ3n) is 4.06. The van der Waals surface area contributed by atoms with E-state index in [-0.39, 0.29) is 11.9 Å². The molecule has 0 saturated heterocycles. The van der Waals surface area contributed by atoms with Crippen molar-refractivity contribution in [2.24, 2.45) is 0 Å². The Kier molecular flexibility index (Phi) is 5.01. The molecule has 0 amide bonds. The van der Waals surface area contributed by atoms with Crippen LogP contribution in [0.4, 0.5) is 0 Å². The minimum atomic E-state index is -1.90. The zero-order valence-corrected chi connectivity index (χ0v) is 14.8. The molecule has 0 N–H and O–H groups in total. The van der Waals surface area contributed by atoms with E-state index < -0.39 is 8.07 Å².